The quantitative estimate of drug-likeness (QED) is 0.897. The molecule has 0 unspecified atom stereocenters. The monoisotopic (exact) mass is 320 g/mol. The molecule has 0 saturated carbocycles. The van der Waals surface area contributed by atoms with Gasteiger partial charge >= 0.3 is 0 Å². The van der Waals surface area contributed by atoms with Crippen LogP contribution in [0.1, 0.15) is 11.1 Å². The maximum atomic E-state index is 9.03. The fourth-order valence-electron chi connectivity index (χ4n) is 1.59. The molecule has 0 saturated heterocycles. The van der Waals surface area contributed by atoms with E-state index in [2.05, 4.69) is 27.3 Å². The van der Waals surface area contributed by atoms with Gasteiger partial charge in [-0.3, -0.25) is 0 Å². The standard InChI is InChI=1S/C14H10BrClN2/c15-12-6-5-10(8-17)14(7-12)18-9-11-3-1-2-4-13(11)16/h1-7,18H,9H2. The number of nitrogens with zero attached hydrogens (tertiary/aromatic N) is 1. The van der Waals surface area contributed by atoms with Crippen LogP contribution in [0, 0.1) is 11.3 Å². The zero-order valence-corrected chi connectivity index (χ0v) is 11.8. The number of anilines is 1. The van der Waals surface area contributed by atoms with Crippen molar-refractivity contribution >= 4 is 33.2 Å². The number of nitriles is 1. The van der Waals surface area contributed by atoms with E-state index in [0.717, 1.165) is 20.7 Å². The lowest BCUT2D eigenvalue weighted by atomic mass is 10.1. The predicted molar refractivity (Wildman–Crippen MR) is 77.6 cm³/mol. The van der Waals surface area contributed by atoms with Crippen molar-refractivity contribution in [1.82, 2.24) is 0 Å². The lowest BCUT2D eigenvalue weighted by Gasteiger charge is -2.09. The Kier molecular flexibility index (Phi) is 4.24. The Morgan fingerprint density at radius 3 is 2.72 bits per heavy atom. The van der Waals surface area contributed by atoms with Gasteiger partial charge in [0, 0.05) is 16.0 Å². The molecule has 2 nitrogen and oxygen atoms in total. The second-order valence-corrected chi connectivity index (χ2v) is 5.07. The first kappa shape index (κ1) is 12.9. The SMILES string of the molecule is N#Cc1ccc(Br)cc1NCc1ccccc1Cl. The highest BCUT2D eigenvalue weighted by atomic mass is 79.9. The topological polar surface area (TPSA) is 35.8 Å². The summed E-state index contributed by atoms with van der Waals surface area (Å²) in [5.74, 6) is 0. The van der Waals surface area contributed by atoms with E-state index in [9.17, 15) is 0 Å². The molecule has 2 rings (SSSR count). The molecule has 0 aliphatic rings. The van der Waals surface area contributed by atoms with Crippen molar-refractivity contribution in [3.8, 4) is 6.07 Å². The Morgan fingerprint density at radius 2 is 2.00 bits per heavy atom. The smallest absolute Gasteiger partial charge is 0.101 e. The van der Waals surface area contributed by atoms with Crippen molar-refractivity contribution in [3.05, 3.63) is 63.1 Å². The fraction of sp³-hybridized carbons (Fsp3) is 0.0714. The Labute approximate surface area is 119 Å². The Hall–Kier alpha value is -1.50. The predicted octanol–water partition coefficient (Wildman–Crippen LogP) is 4.59. The van der Waals surface area contributed by atoms with Gasteiger partial charge in [-0.15, -0.1) is 0 Å². The molecule has 4 heteroatoms. The van der Waals surface area contributed by atoms with Gasteiger partial charge in [0.15, 0.2) is 0 Å². The molecule has 0 amide bonds. The average Bonchev–Trinajstić information content (AvgIpc) is 2.38. The van der Waals surface area contributed by atoms with Crippen LogP contribution in [-0.2, 0) is 6.54 Å². The summed E-state index contributed by atoms with van der Waals surface area (Å²) < 4.78 is 0.933. The number of hydrogen-bond acceptors (Lipinski definition) is 2. The highest BCUT2D eigenvalue weighted by molar-refractivity contribution is 9.10. The number of hydrogen-bond donors (Lipinski definition) is 1. The second kappa shape index (κ2) is 5.90. The molecule has 0 radical (unpaired) electrons. The molecule has 0 aliphatic heterocycles. The van der Waals surface area contributed by atoms with Crippen molar-refractivity contribution in [1.29, 1.82) is 5.26 Å². The van der Waals surface area contributed by atoms with E-state index in [1.165, 1.54) is 0 Å². The van der Waals surface area contributed by atoms with Crippen LogP contribution < -0.4 is 5.32 Å². The van der Waals surface area contributed by atoms with E-state index in [1.807, 2.05) is 36.4 Å². The van der Waals surface area contributed by atoms with Crippen LogP contribution in [0.2, 0.25) is 5.02 Å². The summed E-state index contributed by atoms with van der Waals surface area (Å²) >= 11 is 9.47. The van der Waals surface area contributed by atoms with Gasteiger partial charge in [0.05, 0.1) is 11.3 Å². The summed E-state index contributed by atoms with van der Waals surface area (Å²) in [4.78, 5) is 0. The van der Waals surface area contributed by atoms with Gasteiger partial charge in [0.1, 0.15) is 6.07 Å². The maximum absolute atomic E-state index is 9.03. The summed E-state index contributed by atoms with van der Waals surface area (Å²) in [5, 5.41) is 13.0. The largest absolute Gasteiger partial charge is 0.380 e. The van der Waals surface area contributed by atoms with E-state index in [0.29, 0.717) is 12.1 Å². The molecule has 0 aliphatic carbocycles. The third kappa shape index (κ3) is 3.04. The molecule has 0 fully saturated rings. The first-order valence-corrected chi connectivity index (χ1v) is 6.55. The van der Waals surface area contributed by atoms with E-state index < -0.39 is 0 Å². The van der Waals surface area contributed by atoms with Crippen LogP contribution in [0.3, 0.4) is 0 Å². The number of halogens is 2. The van der Waals surface area contributed by atoms with Gasteiger partial charge in [0.25, 0.3) is 0 Å². The molecular weight excluding hydrogens is 312 g/mol. The zero-order valence-electron chi connectivity index (χ0n) is 9.45. The first-order valence-electron chi connectivity index (χ1n) is 5.37. The van der Waals surface area contributed by atoms with Crippen molar-refractivity contribution in [2.45, 2.75) is 6.54 Å². The minimum Gasteiger partial charge on any atom is -0.380 e. The highest BCUT2D eigenvalue weighted by Gasteiger charge is 2.04. The lowest BCUT2D eigenvalue weighted by Crippen LogP contribution is -2.01. The third-order valence-corrected chi connectivity index (χ3v) is 3.39. The van der Waals surface area contributed by atoms with Crippen molar-refractivity contribution in [2.75, 3.05) is 5.32 Å². The normalized spacial score (nSPS) is 9.83. The van der Waals surface area contributed by atoms with Crippen LogP contribution in [0.25, 0.3) is 0 Å². The van der Waals surface area contributed by atoms with Crippen molar-refractivity contribution in [2.24, 2.45) is 0 Å². The van der Waals surface area contributed by atoms with Gasteiger partial charge in [-0.2, -0.15) is 5.26 Å². The van der Waals surface area contributed by atoms with E-state index in [4.69, 9.17) is 16.9 Å². The van der Waals surface area contributed by atoms with Gasteiger partial charge in [-0.25, -0.2) is 0 Å². The second-order valence-electron chi connectivity index (χ2n) is 3.75. The Bertz CT molecular complexity index is 605. The molecule has 18 heavy (non-hydrogen) atoms. The zero-order chi connectivity index (χ0) is 13.0. The first-order chi connectivity index (χ1) is 8.70. The molecule has 1 N–H and O–H groups in total. The average molecular weight is 322 g/mol. The van der Waals surface area contributed by atoms with Gasteiger partial charge < -0.3 is 5.32 Å². The lowest BCUT2D eigenvalue weighted by molar-refractivity contribution is 1.14. The molecular formula is C14H10BrClN2. The molecule has 0 aromatic heterocycles. The van der Waals surface area contributed by atoms with Gasteiger partial charge in [-0.1, -0.05) is 45.7 Å². The van der Waals surface area contributed by atoms with Crippen LogP contribution >= 0.6 is 27.5 Å². The van der Waals surface area contributed by atoms with Crippen molar-refractivity contribution in [3.63, 3.8) is 0 Å². The fourth-order valence-corrected chi connectivity index (χ4v) is 2.16. The van der Waals surface area contributed by atoms with Crippen molar-refractivity contribution < 1.29 is 0 Å². The van der Waals surface area contributed by atoms with Gasteiger partial charge in [-0.05, 0) is 29.8 Å². The summed E-state index contributed by atoms with van der Waals surface area (Å²) in [6.07, 6.45) is 0. The number of rotatable bonds is 3. The maximum Gasteiger partial charge on any atom is 0.101 e. The molecule has 2 aromatic carbocycles. The van der Waals surface area contributed by atoms with E-state index >= 15 is 0 Å². The molecule has 90 valence electrons. The summed E-state index contributed by atoms with van der Waals surface area (Å²) in [7, 11) is 0. The van der Waals surface area contributed by atoms with E-state index in [1.54, 1.807) is 6.07 Å². The summed E-state index contributed by atoms with van der Waals surface area (Å²) in [6, 6.07) is 15.3. The molecule has 0 heterocycles. The molecule has 0 atom stereocenters. The van der Waals surface area contributed by atoms with Crippen LogP contribution in [0.15, 0.2) is 46.9 Å². The van der Waals surface area contributed by atoms with Gasteiger partial charge in [0.2, 0.25) is 0 Å². The highest BCUT2D eigenvalue weighted by Crippen LogP contribution is 2.22. The summed E-state index contributed by atoms with van der Waals surface area (Å²) in [6.45, 7) is 0.588. The Balaban J connectivity index is 2.18. The third-order valence-electron chi connectivity index (χ3n) is 2.53. The molecule has 2 aromatic rings. The molecule has 0 bridgehead atoms. The Morgan fingerprint density at radius 1 is 1.22 bits per heavy atom. The van der Waals surface area contributed by atoms with Crippen LogP contribution in [-0.4, -0.2) is 0 Å². The molecule has 0 spiro atoms. The summed E-state index contributed by atoms with van der Waals surface area (Å²) in [5.41, 5.74) is 2.42. The van der Waals surface area contributed by atoms with Crippen LogP contribution in [0.5, 0.6) is 0 Å². The number of nitrogens with one attached hydrogen (secondary N) is 1. The van der Waals surface area contributed by atoms with E-state index in [-0.39, 0.29) is 0 Å². The van der Waals surface area contributed by atoms with Crippen LogP contribution in [0.4, 0.5) is 5.69 Å². The minimum absolute atomic E-state index is 0.588. The number of benzene rings is 2. The minimum atomic E-state index is 0.588.